The Kier molecular flexibility index (Phi) is 6.80. The number of carboxylic acids is 1. The molecule has 2 aromatic rings. The van der Waals surface area contributed by atoms with Gasteiger partial charge in [-0.3, -0.25) is 14.4 Å². The van der Waals surface area contributed by atoms with E-state index in [-0.39, 0.29) is 11.8 Å². The van der Waals surface area contributed by atoms with Gasteiger partial charge in [0, 0.05) is 31.7 Å². The Bertz CT molecular complexity index is 846. The van der Waals surface area contributed by atoms with Crippen molar-refractivity contribution in [3.63, 3.8) is 0 Å². The fourth-order valence-corrected chi connectivity index (χ4v) is 3.27. The molecule has 1 aliphatic carbocycles. The summed E-state index contributed by atoms with van der Waals surface area (Å²) in [6, 6.07) is 6.30. The Balaban J connectivity index is 0.000000318. The highest BCUT2D eigenvalue weighted by atomic mass is 19.4. The van der Waals surface area contributed by atoms with Crippen LogP contribution in [-0.4, -0.2) is 50.9 Å². The van der Waals surface area contributed by atoms with Gasteiger partial charge >= 0.3 is 12.1 Å². The molecule has 1 unspecified atom stereocenters. The van der Waals surface area contributed by atoms with Gasteiger partial charge in [-0.2, -0.15) is 18.3 Å². The number of fused-ring (bicyclic) bond motifs is 1. The Labute approximate surface area is 170 Å². The van der Waals surface area contributed by atoms with Crippen molar-refractivity contribution in [2.75, 3.05) is 13.1 Å². The zero-order chi connectivity index (χ0) is 21.7. The summed E-state index contributed by atoms with van der Waals surface area (Å²) in [7, 11) is 0. The van der Waals surface area contributed by atoms with E-state index in [9.17, 15) is 18.0 Å². The number of furan rings is 1. The second-order valence-corrected chi connectivity index (χ2v) is 7.33. The smallest absolute Gasteiger partial charge is 0.475 e. The number of carboxylic acid groups (broad SMARTS) is 1. The van der Waals surface area contributed by atoms with Crippen LogP contribution in [0.5, 0.6) is 0 Å². The number of rotatable bonds is 6. The molecule has 30 heavy (non-hydrogen) atoms. The van der Waals surface area contributed by atoms with E-state index in [1.165, 1.54) is 5.69 Å². The first-order valence-corrected chi connectivity index (χ1v) is 9.59. The second-order valence-electron chi connectivity index (χ2n) is 7.33. The predicted octanol–water partition coefficient (Wildman–Crippen LogP) is 2.58. The van der Waals surface area contributed by atoms with Crippen molar-refractivity contribution in [2.45, 2.75) is 44.6 Å². The highest BCUT2D eigenvalue weighted by Crippen LogP contribution is 2.29. The monoisotopic (exact) mass is 428 g/mol. The number of carbonyl (C=O) groups is 2. The maximum absolute atomic E-state index is 11.8. The van der Waals surface area contributed by atoms with Gasteiger partial charge in [0.25, 0.3) is 0 Å². The average Bonchev–Trinajstić information content (AvgIpc) is 3.20. The molecule has 0 bridgehead atoms. The minimum Gasteiger partial charge on any atom is -0.475 e. The number of alkyl halides is 3. The van der Waals surface area contributed by atoms with Gasteiger partial charge in [-0.25, -0.2) is 4.79 Å². The standard InChI is InChI=1S/C17H22N4O2.C2HF3O2/c22-17(13-3-4-13)18-7-5-14-10-20(12-16-2-1-9-23-16)11-15-6-8-19-21(14)15;3-2(4,5)1(6)7/h1-2,6,8-9,13-14H,3-5,7,10-12H2,(H,18,22);(H,6,7). The number of carbonyl (C=O) groups excluding carboxylic acids is 1. The van der Waals surface area contributed by atoms with Crippen LogP contribution in [0.15, 0.2) is 35.1 Å². The molecule has 4 rings (SSSR count). The number of nitrogens with zero attached hydrogens (tertiary/aromatic N) is 3. The molecule has 1 aliphatic heterocycles. The molecule has 1 saturated carbocycles. The summed E-state index contributed by atoms with van der Waals surface area (Å²) in [5, 5.41) is 14.7. The Morgan fingerprint density at radius 2 is 2.03 bits per heavy atom. The third kappa shape index (κ3) is 6.09. The number of hydrogen-bond donors (Lipinski definition) is 2. The van der Waals surface area contributed by atoms with Gasteiger partial charge < -0.3 is 14.8 Å². The lowest BCUT2D eigenvalue weighted by Crippen LogP contribution is -2.39. The summed E-state index contributed by atoms with van der Waals surface area (Å²) in [5.74, 6) is -1.28. The number of nitrogens with one attached hydrogen (secondary N) is 1. The molecule has 0 spiro atoms. The highest BCUT2D eigenvalue weighted by molar-refractivity contribution is 5.80. The van der Waals surface area contributed by atoms with E-state index in [2.05, 4.69) is 26.1 Å². The van der Waals surface area contributed by atoms with Gasteiger partial charge in [-0.15, -0.1) is 0 Å². The lowest BCUT2D eigenvalue weighted by atomic mass is 10.1. The molecule has 0 radical (unpaired) electrons. The summed E-state index contributed by atoms with van der Waals surface area (Å²) in [6.07, 6.45) is 1.50. The van der Waals surface area contributed by atoms with Crippen molar-refractivity contribution < 1.29 is 32.3 Å². The molecule has 3 heterocycles. The van der Waals surface area contributed by atoms with E-state index in [0.29, 0.717) is 12.6 Å². The summed E-state index contributed by atoms with van der Waals surface area (Å²) in [5.41, 5.74) is 1.22. The summed E-state index contributed by atoms with van der Waals surface area (Å²) in [4.78, 5) is 23.0. The fourth-order valence-electron chi connectivity index (χ4n) is 3.27. The minimum atomic E-state index is -5.08. The van der Waals surface area contributed by atoms with Crippen molar-refractivity contribution in [3.8, 4) is 0 Å². The Morgan fingerprint density at radius 1 is 1.30 bits per heavy atom. The first kappa shape index (κ1) is 21.9. The van der Waals surface area contributed by atoms with Crippen molar-refractivity contribution in [1.29, 1.82) is 0 Å². The summed E-state index contributed by atoms with van der Waals surface area (Å²) >= 11 is 0. The van der Waals surface area contributed by atoms with Crippen LogP contribution in [0.4, 0.5) is 13.2 Å². The molecule has 0 saturated heterocycles. The first-order valence-electron chi connectivity index (χ1n) is 9.59. The van der Waals surface area contributed by atoms with E-state index in [1.54, 1.807) is 6.26 Å². The molecule has 164 valence electrons. The molecule has 2 aromatic heterocycles. The number of halogens is 3. The molecule has 1 fully saturated rings. The zero-order valence-corrected chi connectivity index (χ0v) is 16.1. The predicted molar refractivity (Wildman–Crippen MR) is 98.1 cm³/mol. The van der Waals surface area contributed by atoms with Crippen molar-refractivity contribution in [1.82, 2.24) is 20.0 Å². The normalized spacial score (nSPS) is 18.8. The van der Waals surface area contributed by atoms with Crippen LogP contribution in [-0.2, 0) is 22.7 Å². The number of aromatic nitrogens is 2. The van der Waals surface area contributed by atoms with Crippen LogP contribution in [0.25, 0.3) is 0 Å². The maximum Gasteiger partial charge on any atom is 0.490 e. The molecule has 1 amide bonds. The molecule has 1 atom stereocenters. The highest BCUT2D eigenvalue weighted by Gasteiger charge is 2.38. The van der Waals surface area contributed by atoms with Gasteiger partial charge in [-0.05, 0) is 37.5 Å². The van der Waals surface area contributed by atoms with Gasteiger partial charge in [-0.1, -0.05) is 0 Å². The van der Waals surface area contributed by atoms with Crippen LogP contribution < -0.4 is 5.32 Å². The third-order valence-corrected chi connectivity index (χ3v) is 4.88. The summed E-state index contributed by atoms with van der Waals surface area (Å²) < 4.78 is 39.3. The van der Waals surface area contributed by atoms with E-state index in [4.69, 9.17) is 14.3 Å². The van der Waals surface area contributed by atoms with Crippen LogP contribution >= 0.6 is 0 Å². The average molecular weight is 428 g/mol. The van der Waals surface area contributed by atoms with Crippen molar-refractivity contribution >= 4 is 11.9 Å². The number of amides is 1. The minimum absolute atomic E-state index is 0.217. The molecule has 2 N–H and O–H groups in total. The number of hydrogen-bond acceptors (Lipinski definition) is 5. The Hall–Kier alpha value is -2.82. The fraction of sp³-hybridized carbons (Fsp3) is 0.526. The third-order valence-electron chi connectivity index (χ3n) is 4.88. The largest absolute Gasteiger partial charge is 0.490 e. The van der Waals surface area contributed by atoms with Gasteiger partial charge in [0.15, 0.2) is 0 Å². The topological polar surface area (TPSA) is 101 Å². The zero-order valence-electron chi connectivity index (χ0n) is 16.1. The molecular formula is C19H23F3N4O4. The Morgan fingerprint density at radius 3 is 2.63 bits per heavy atom. The van der Waals surface area contributed by atoms with E-state index >= 15 is 0 Å². The van der Waals surface area contributed by atoms with E-state index in [0.717, 1.165) is 44.7 Å². The van der Waals surface area contributed by atoms with Crippen LogP contribution in [0.2, 0.25) is 0 Å². The molecular weight excluding hydrogens is 405 g/mol. The second kappa shape index (κ2) is 9.33. The van der Waals surface area contributed by atoms with Crippen molar-refractivity contribution in [2.24, 2.45) is 5.92 Å². The van der Waals surface area contributed by atoms with E-state index in [1.807, 2.05) is 18.3 Å². The van der Waals surface area contributed by atoms with Gasteiger partial charge in [0.2, 0.25) is 5.91 Å². The van der Waals surface area contributed by atoms with Crippen LogP contribution in [0.1, 0.15) is 36.8 Å². The van der Waals surface area contributed by atoms with Gasteiger partial charge in [0.1, 0.15) is 5.76 Å². The maximum atomic E-state index is 11.8. The molecule has 2 aliphatic rings. The SMILES string of the molecule is O=C(NCCC1CN(Cc2ccco2)Cc2ccnn21)C1CC1.O=C(O)C(F)(F)F. The lowest BCUT2D eigenvalue weighted by molar-refractivity contribution is -0.192. The van der Waals surface area contributed by atoms with Crippen LogP contribution in [0.3, 0.4) is 0 Å². The lowest BCUT2D eigenvalue weighted by Gasteiger charge is -2.33. The molecule has 11 heteroatoms. The quantitative estimate of drug-likeness (QED) is 0.734. The van der Waals surface area contributed by atoms with Crippen molar-refractivity contribution in [3.05, 3.63) is 42.1 Å². The van der Waals surface area contributed by atoms with Gasteiger partial charge in [0.05, 0.1) is 24.5 Å². The molecule has 0 aromatic carbocycles. The van der Waals surface area contributed by atoms with E-state index < -0.39 is 12.1 Å². The first-order chi connectivity index (χ1) is 14.2. The summed E-state index contributed by atoms with van der Waals surface area (Å²) in [6.45, 7) is 3.33. The van der Waals surface area contributed by atoms with Crippen LogP contribution in [0, 0.1) is 5.92 Å². The number of aliphatic carboxylic acids is 1. The molecule has 8 nitrogen and oxygen atoms in total.